The van der Waals surface area contributed by atoms with Crippen LogP contribution in [0.15, 0.2) is 39.2 Å². The zero-order valence-corrected chi connectivity index (χ0v) is 14.9. The molecule has 0 unspecified atom stereocenters. The van der Waals surface area contributed by atoms with Gasteiger partial charge in [0.25, 0.3) is 5.91 Å². The first-order valence-corrected chi connectivity index (χ1v) is 7.91. The van der Waals surface area contributed by atoms with E-state index in [2.05, 4.69) is 26.2 Å². The van der Waals surface area contributed by atoms with E-state index in [9.17, 15) is 4.79 Å². The summed E-state index contributed by atoms with van der Waals surface area (Å²) in [5.74, 6) is 1.25. The van der Waals surface area contributed by atoms with Gasteiger partial charge in [0.15, 0.2) is 11.5 Å². The molecule has 1 heterocycles. The Bertz CT molecular complexity index is 920. The van der Waals surface area contributed by atoms with Gasteiger partial charge in [-0.05, 0) is 46.3 Å². The summed E-state index contributed by atoms with van der Waals surface area (Å²) in [6.07, 6.45) is 0. The number of halogens is 1. The summed E-state index contributed by atoms with van der Waals surface area (Å²) >= 11 is 3.38. The second kappa shape index (κ2) is 6.52. The minimum absolute atomic E-state index is 0.314. The van der Waals surface area contributed by atoms with Gasteiger partial charge in [-0.25, -0.2) is 4.98 Å². The number of benzene rings is 2. The molecular formula is C17H15BrN2O4. The van der Waals surface area contributed by atoms with Crippen molar-refractivity contribution in [1.29, 1.82) is 0 Å². The summed E-state index contributed by atoms with van der Waals surface area (Å²) in [5.41, 5.74) is 2.33. The predicted octanol–water partition coefficient (Wildman–Crippen LogP) is 4.17. The lowest BCUT2D eigenvalue weighted by molar-refractivity contribution is 0.102. The van der Waals surface area contributed by atoms with Crippen LogP contribution >= 0.6 is 15.9 Å². The number of aryl methyl sites for hydroxylation is 1. The number of nitrogens with zero attached hydrogens (tertiary/aromatic N) is 1. The van der Waals surface area contributed by atoms with Gasteiger partial charge in [-0.15, -0.1) is 0 Å². The Labute approximate surface area is 146 Å². The van der Waals surface area contributed by atoms with Crippen LogP contribution < -0.4 is 14.8 Å². The lowest BCUT2D eigenvalue weighted by atomic mass is 10.1. The molecule has 1 aromatic heterocycles. The van der Waals surface area contributed by atoms with Gasteiger partial charge in [-0.1, -0.05) is 0 Å². The molecule has 1 N–H and O–H groups in total. The molecule has 0 saturated carbocycles. The second-order valence-electron chi connectivity index (χ2n) is 5.06. The molecule has 6 nitrogen and oxygen atoms in total. The number of amides is 1. The average Bonchev–Trinajstić information content (AvgIpc) is 2.93. The molecule has 3 aromatic rings. The Morgan fingerprint density at radius 3 is 2.71 bits per heavy atom. The molecule has 0 aliphatic heterocycles. The fourth-order valence-corrected chi connectivity index (χ4v) is 2.98. The maximum Gasteiger partial charge on any atom is 0.259 e. The van der Waals surface area contributed by atoms with Gasteiger partial charge in [-0.3, -0.25) is 4.79 Å². The Balaban J connectivity index is 1.94. The molecule has 0 saturated heterocycles. The molecule has 0 radical (unpaired) electrons. The second-order valence-corrected chi connectivity index (χ2v) is 5.91. The third-order valence-electron chi connectivity index (χ3n) is 3.45. The molecule has 0 aliphatic rings. The summed E-state index contributed by atoms with van der Waals surface area (Å²) in [7, 11) is 3.05. The third-order valence-corrected chi connectivity index (χ3v) is 4.04. The van der Waals surface area contributed by atoms with E-state index < -0.39 is 0 Å². The Morgan fingerprint density at radius 1 is 1.21 bits per heavy atom. The number of carbonyl (C=O) groups excluding carboxylic acids is 1. The van der Waals surface area contributed by atoms with Crippen molar-refractivity contribution < 1.29 is 18.7 Å². The highest BCUT2D eigenvalue weighted by Gasteiger charge is 2.18. The SMILES string of the molecule is COc1cc(Br)c(OC)c(C(=O)Nc2ccc3oc(C)nc3c2)c1. The van der Waals surface area contributed by atoms with Crippen LogP contribution in [0.25, 0.3) is 11.1 Å². The normalized spacial score (nSPS) is 10.7. The highest BCUT2D eigenvalue weighted by molar-refractivity contribution is 9.10. The van der Waals surface area contributed by atoms with Gasteiger partial charge in [-0.2, -0.15) is 0 Å². The number of anilines is 1. The largest absolute Gasteiger partial charge is 0.497 e. The minimum Gasteiger partial charge on any atom is -0.497 e. The topological polar surface area (TPSA) is 73.6 Å². The molecule has 1 amide bonds. The molecule has 0 atom stereocenters. The van der Waals surface area contributed by atoms with E-state index in [1.54, 1.807) is 37.3 Å². The van der Waals surface area contributed by atoms with Crippen molar-refractivity contribution >= 4 is 38.6 Å². The van der Waals surface area contributed by atoms with Crippen LogP contribution in [0.1, 0.15) is 16.2 Å². The molecule has 3 rings (SSSR count). The van der Waals surface area contributed by atoms with E-state index in [0.717, 1.165) is 0 Å². The Morgan fingerprint density at radius 2 is 2.00 bits per heavy atom. The molecule has 0 bridgehead atoms. The molecule has 0 spiro atoms. The zero-order chi connectivity index (χ0) is 17.3. The average molecular weight is 391 g/mol. The van der Waals surface area contributed by atoms with Gasteiger partial charge >= 0.3 is 0 Å². The molecular weight excluding hydrogens is 376 g/mol. The van der Waals surface area contributed by atoms with Gasteiger partial charge in [0.1, 0.15) is 17.0 Å². The number of hydrogen-bond acceptors (Lipinski definition) is 5. The number of nitrogens with one attached hydrogen (secondary N) is 1. The van der Waals surface area contributed by atoms with Crippen molar-refractivity contribution in [3.05, 3.63) is 46.3 Å². The first-order chi connectivity index (χ1) is 11.5. The summed E-state index contributed by atoms with van der Waals surface area (Å²) in [5, 5.41) is 2.84. The van der Waals surface area contributed by atoms with Crippen molar-refractivity contribution in [1.82, 2.24) is 4.98 Å². The first-order valence-electron chi connectivity index (χ1n) is 7.12. The van der Waals surface area contributed by atoms with Crippen molar-refractivity contribution in [2.45, 2.75) is 6.92 Å². The molecule has 0 aliphatic carbocycles. The minimum atomic E-state index is -0.314. The molecule has 2 aromatic carbocycles. The first kappa shape index (κ1) is 16.3. The predicted molar refractivity (Wildman–Crippen MR) is 93.9 cm³/mol. The number of hydrogen-bond donors (Lipinski definition) is 1. The van der Waals surface area contributed by atoms with E-state index in [0.29, 0.717) is 44.2 Å². The van der Waals surface area contributed by atoms with E-state index in [4.69, 9.17) is 13.9 Å². The third kappa shape index (κ3) is 3.07. The fraction of sp³-hybridized carbons (Fsp3) is 0.176. The maximum atomic E-state index is 12.6. The standard InChI is InChI=1S/C17H15BrN2O4/c1-9-19-14-6-10(4-5-15(14)24-9)20-17(21)12-7-11(22-2)8-13(18)16(12)23-3/h4-8H,1-3H3,(H,20,21). The number of ether oxygens (including phenoxy) is 2. The van der Waals surface area contributed by atoms with Gasteiger partial charge < -0.3 is 19.2 Å². The van der Waals surface area contributed by atoms with E-state index in [-0.39, 0.29) is 5.91 Å². The maximum absolute atomic E-state index is 12.6. The van der Waals surface area contributed by atoms with Crippen molar-refractivity contribution in [2.24, 2.45) is 0 Å². The number of carbonyl (C=O) groups is 1. The van der Waals surface area contributed by atoms with Crippen LogP contribution in [0.2, 0.25) is 0 Å². The van der Waals surface area contributed by atoms with Crippen LogP contribution in [0.5, 0.6) is 11.5 Å². The lowest BCUT2D eigenvalue weighted by Gasteiger charge is -2.13. The van der Waals surface area contributed by atoms with Crippen LogP contribution in [0.4, 0.5) is 5.69 Å². The van der Waals surface area contributed by atoms with Crippen LogP contribution in [-0.4, -0.2) is 25.1 Å². The van der Waals surface area contributed by atoms with Crippen LogP contribution in [0, 0.1) is 6.92 Å². The van der Waals surface area contributed by atoms with E-state index >= 15 is 0 Å². The zero-order valence-electron chi connectivity index (χ0n) is 13.3. The van der Waals surface area contributed by atoms with Crippen molar-refractivity contribution in [2.75, 3.05) is 19.5 Å². The Hall–Kier alpha value is -2.54. The molecule has 7 heteroatoms. The smallest absolute Gasteiger partial charge is 0.259 e. The highest BCUT2D eigenvalue weighted by atomic mass is 79.9. The van der Waals surface area contributed by atoms with E-state index in [1.807, 2.05) is 0 Å². The quantitative estimate of drug-likeness (QED) is 0.723. The van der Waals surface area contributed by atoms with Gasteiger partial charge in [0, 0.05) is 12.6 Å². The van der Waals surface area contributed by atoms with E-state index in [1.165, 1.54) is 14.2 Å². The molecule has 124 valence electrons. The van der Waals surface area contributed by atoms with Gasteiger partial charge in [0.05, 0.1) is 24.3 Å². The number of rotatable bonds is 4. The summed E-state index contributed by atoms with van der Waals surface area (Å²) < 4.78 is 16.6. The van der Waals surface area contributed by atoms with Crippen LogP contribution in [0.3, 0.4) is 0 Å². The van der Waals surface area contributed by atoms with Crippen molar-refractivity contribution in [3.8, 4) is 11.5 Å². The van der Waals surface area contributed by atoms with Crippen molar-refractivity contribution in [3.63, 3.8) is 0 Å². The van der Waals surface area contributed by atoms with Gasteiger partial charge in [0.2, 0.25) is 0 Å². The summed E-state index contributed by atoms with van der Waals surface area (Å²) in [6, 6.07) is 8.64. The Kier molecular flexibility index (Phi) is 4.44. The summed E-state index contributed by atoms with van der Waals surface area (Å²) in [4.78, 5) is 16.9. The summed E-state index contributed by atoms with van der Waals surface area (Å²) in [6.45, 7) is 1.77. The molecule has 24 heavy (non-hydrogen) atoms. The number of methoxy groups -OCH3 is 2. The molecule has 0 fully saturated rings. The number of aromatic nitrogens is 1. The highest BCUT2D eigenvalue weighted by Crippen LogP contribution is 2.34. The monoisotopic (exact) mass is 390 g/mol. The lowest BCUT2D eigenvalue weighted by Crippen LogP contribution is -2.13. The number of fused-ring (bicyclic) bond motifs is 1. The van der Waals surface area contributed by atoms with Crippen LogP contribution in [-0.2, 0) is 0 Å². The number of oxazole rings is 1. The fourth-order valence-electron chi connectivity index (χ4n) is 2.38.